The lowest BCUT2D eigenvalue weighted by molar-refractivity contribution is -0.138. The third-order valence-corrected chi connectivity index (χ3v) is 3.56. The average Bonchev–Trinajstić information content (AvgIpc) is 2.85. The number of rotatable bonds is 4. The number of ether oxygens (including phenoxy) is 3. The molecule has 0 bridgehead atoms. The van der Waals surface area contributed by atoms with Gasteiger partial charge in [0.05, 0.1) is 5.56 Å². The first-order valence-electron chi connectivity index (χ1n) is 7.10. The zero-order valence-corrected chi connectivity index (χ0v) is 13.5. The summed E-state index contributed by atoms with van der Waals surface area (Å²) in [7, 11) is 1.40. The van der Waals surface area contributed by atoms with Crippen LogP contribution in [0.1, 0.15) is 15.9 Å². The van der Waals surface area contributed by atoms with E-state index in [2.05, 4.69) is 0 Å². The van der Waals surface area contributed by atoms with Crippen molar-refractivity contribution in [1.29, 1.82) is 0 Å². The van der Waals surface area contributed by atoms with Crippen LogP contribution < -0.4 is 9.47 Å². The average molecular weight is 345 g/mol. The van der Waals surface area contributed by atoms with Crippen molar-refractivity contribution in [2.75, 3.05) is 13.7 Å². The van der Waals surface area contributed by atoms with Crippen molar-refractivity contribution in [2.45, 2.75) is 0 Å². The molecule has 0 saturated carbocycles. The van der Waals surface area contributed by atoms with Crippen LogP contribution in [0.3, 0.4) is 0 Å². The molecule has 0 atom stereocenters. The summed E-state index contributed by atoms with van der Waals surface area (Å²) in [6, 6.07) is 11.6. The molecule has 3 rings (SSSR count). The maximum absolute atomic E-state index is 12.4. The van der Waals surface area contributed by atoms with Crippen molar-refractivity contribution in [3.05, 3.63) is 64.4 Å². The van der Waals surface area contributed by atoms with Gasteiger partial charge in [0.25, 0.3) is 0 Å². The van der Waals surface area contributed by atoms with Crippen LogP contribution >= 0.6 is 11.6 Å². The summed E-state index contributed by atoms with van der Waals surface area (Å²) in [6.07, 6.45) is 1.63. The summed E-state index contributed by atoms with van der Waals surface area (Å²) >= 11 is 5.84. The number of ketones is 1. The van der Waals surface area contributed by atoms with Gasteiger partial charge in [0.1, 0.15) is 18.1 Å². The van der Waals surface area contributed by atoms with Crippen molar-refractivity contribution in [3.8, 4) is 11.5 Å². The molecular formula is C18H13ClO5. The second kappa shape index (κ2) is 6.86. The van der Waals surface area contributed by atoms with Crippen molar-refractivity contribution in [1.82, 2.24) is 0 Å². The normalized spacial score (nSPS) is 14.4. The van der Waals surface area contributed by atoms with Crippen LogP contribution in [0.15, 0.2) is 48.2 Å². The summed E-state index contributed by atoms with van der Waals surface area (Å²) in [5.74, 6) is 0.0837. The quantitative estimate of drug-likeness (QED) is 0.482. The van der Waals surface area contributed by atoms with Crippen LogP contribution in [0.2, 0.25) is 5.02 Å². The lowest BCUT2D eigenvalue weighted by Crippen LogP contribution is -2.14. The molecule has 24 heavy (non-hydrogen) atoms. The number of hydrogen-bond donors (Lipinski definition) is 0. The first-order valence-corrected chi connectivity index (χ1v) is 7.48. The number of carbonyl (C=O) groups is 2. The predicted octanol–water partition coefficient (Wildman–Crippen LogP) is 3.51. The Hall–Kier alpha value is -2.63. The van der Waals surface area contributed by atoms with Gasteiger partial charge in [0, 0.05) is 18.2 Å². The van der Waals surface area contributed by atoms with Crippen LogP contribution in [0.4, 0.5) is 0 Å². The molecular weight excluding hydrogens is 332 g/mol. The Balaban J connectivity index is 1.82. The highest BCUT2D eigenvalue weighted by molar-refractivity contribution is 6.30. The molecule has 0 saturated heterocycles. The monoisotopic (exact) mass is 344 g/mol. The lowest BCUT2D eigenvalue weighted by Gasteiger charge is -2.04. The molecule has 6 heteroatoms. The Labute approximate surface area is 143 Å². The summed E-state index contributed by atoms with van der Waals surface area (Å²) in [5, 5.41) is 0.613. The third kappa shape index (κ3) is 3.48. The molecule has 0 N–H and O–H groups in total. The van der Waals surface area contributed by atoms with Crippen LogP contribution in [0.25, 0.3) is 6.08 Å². The third-order valence-electron chi connectivity index (χ3n) is 3.30. The topological polar surface area (TPSA) is 61.8 Å². The van der Waals surface area contributed by atoms with Gasteiger partial charge in [-0.05, 0) is 35.9 Å². The van der Waals surface area contributed by atoms with Crippen LogP contribution in [-0.4, -0.2) is 25.5 Å². The van der Waals surface area contributed by atoms with E-state index in [1.807, 2.05) is 0 Å². The van der Waals surface area contributed by atoms with E-state index in [9.17, 15) is 9.59 Å². The molecule has 1 aliphatic rings. The SMILES string of the molecule is COCC(=O)Oc1ccc2c(c1)O/C(=C\c1ccc(Cl)cc1)C2=O. The number of carbonyl (C=O) groups excluding carboxylic acids is 2. The summed E-state index contributed by atoms with van der Waals surface area (Å²) < 4.78 is 15.4. The molecule has 2 aromatic rings. The minimum Gasteiger partial charge on any atom is -0.452 e. The highest BCUT2D eigenvalue weighted by Gasteiger charge is 2.28. The van der Waals surface area contributed by atoms with E-state index in [0.29, 0.717) is 16.3 Å². The first-order chi connectivity index (χ1) is 11.6. The number of hydrogen-bond acceptors (Lipinski definition) is 5. The molecule has 0 amide bonds. The zero-order valence-electron chi connectivity index (χ0n) is 12.7. The van der Waals surface area contributed by atoms with E-state index < -0.39 is 5.97 Å². The summed E-state index contributed by atoms with van der Waals surface area (Å²) in [6.45, 7) is -0.154. The summed E-state index contributed by atoms with van der Waals surface area (Å²) in [5.41, 5.74) is 1.21. The molecule has 1 heterocycles. The van der Waals surface area contributed by atoms with E-state index in [4.69, 9.17) is 25.8 Å². The van der Waals surface area contributed by atoms with E-state index in [-0.39, 0.29) is 23.9 Å². The highest BCUT2D eigenvalue weighted by atomic mass is 35.5. The fourth-order valence-corrected chi connectivity index (χ4v) is 2.35. The number of methoxy groups -OCH3 is 1. The Morgan fingerprint density at radius 3 is 2.67 bits per heavy atom. The zero-order chi connectivity index (χ0) is 17.1. The van der Waals surface area contributed by atoms with Gasteiger partial charge < -0.3 is 14.2 Å². The number of esters is 1. The van der Waals surface area contributed by atoms with E-state index in [0.717, 1.165) is 5.56 Å². The molecule has 0 aromatic heterocycles. The Kier molecular flexibility index (Phi) is 4.64. The van der Waals surface area contributed by atoms with Gasteiger partial charge in [0.15, 0.2) is 5.76 Å². The van der Waals surface area contributed by atoms with Crippen molar-refractivity contribution in [3.63, 3.8) is 0 Å². The van der Waals surface area contributed by atoms with Gasteiger partial charge in [-0.1, -0.05) is 23.7 Å². The van der Waals surface area contributed by atoms with Gasteiger partial charge in [-0.3, -0.25) is 4.79 Å². The van der Waals surface area contributed by atoms with Crippen molar-refractivity contribution >= 4 is 29.4 Å². The number of Topliss-reactive ketones (excluding diaryl/α,β-unsaturated/α-hetero) is 1. The standard InChI is InChI=1S/C18H13ClO5/c1-22-10-17(20)23-13-6-7-14-15(9-13)24-16(18(14)21)8-11-2-4-12(19)5-3-11/h2-9H,10H2,1H3/b16-8-. The van der Waals surface area contributed by atoms with Gasteiger partial charge in [-0.15, -0.1) is 0 Å². The van der Waals surface area contributed by atoms with Crippen LogP contribution in [-0.2, 0) is 9.53 Å². The number of fused-ring (bicyclic) bond motifs is 1. The summed E-state index contributed by atoms with van der Waals surface area (Å²) in [4.78, 5) is 23.8. The van der Waals surface area contributed by atoms with Gasteiger partial charge in [-0.2, -0.15) is 0 Å². The molecule has 1 aliphatic heterocycles. The van der Waals surface area contributed by atoms with Crippen molar-refractivity contribution < 1.29 is 23.8 Å². The number of benzene rings is 2. The number of halogens is 1. The maximum Gasteiger partial charge on any atom is 0.337 e. The molecule has 0 aliphatic carbocycles. The Morgan fingerprint density at radius 1 is 1.21 bits per heavy atom. The van der Waals surface area contributed by atoms with E-state index in [1.54, 1.807) is 42.5 Å². The fraction of sp³-hybridized carbons (Fsp3) is 0.111. The van der Waals surface area contributed by atoms with Gasteiger partial charge in [0.2, 0.25) is 5.78 Å². The smallest absolute Gasteiger partial charge is 0.337 e. The van der Waals surface area contributed by atoms with Crippen molar-refractivity contribution in [2.24, 2.45) is 0 Å². The largest absolute Gasteiger partial charge is 0.452 e. The molecule has 0 unspecified atom stereocenters. The van der Waals surface area contributed by atoms with Crippen LogP contribution in [0, 0.1) is 0 Å². The Bertz CT molecular complexity index is 824. The lowest BCUT2D eigenvalue weighted by atomic mass is 10.1. The molecule has 122 valence electrons. The van der Waals surface area contributed by atoms with E-state index in [1.165, 1.54) is 13.2 Å². The van der Waals surface area contributed by atoms with E-state index >= 15 is 0 Å². The highest BCUT2D eigenvalue weighted by Crippen LogP contribution is 2.35. The minimum atomic E-state index is -0.529. The molecule has 0 spiro atoms. The predicted molar refractivity (Wildman–Crippen MR) is 88.3 cm³/mol. The fourth-order valence-electron chi connectivity index (χ4n) is 2.22. The number of allylic oxidation sites excluding steroid dienone is 1. The second-order valence-electron chi connectivity index (χ2n) is 5.06. The molecule has 5 nitrogen and oxygen atoms in total. The molecule has 0 fully saturated rings. The minimum absolute atomic E-state index is 0.154. The molecule has 0 radical (unpaired) electrons. The maximum atomic E-state index is 12.4. The van der Waals surface area contributed by atoms with Gasteiger partial charge >= 0.3 is 5.97 Å². The van der Waals surface area contributed by atoms with Gasteiger partial charge in [-0.25, -0.2) is 4.79 Å². The first kappa shape index (κ1) is 16.2. The van der Waals surface area contributed by atoms with Crippen LogP contribution in [0.5, 0.6) is 11.5 Å². The molecule has 2 aromatic carbocycles. The second-order valence-corrected chi connectivity index (χ2v) is 5.49. The Morgan fingerprint density at radius 2 is 1.96 bits per heavy atom.